The first kappa shape index (κ1) is 24.5. The minimum absolute atomic E-state index is 0.0775. The van der Waals surface area contributed by atoms with Gasteiger partial charge in [-0.2, -0.15) is 0 Å². The summed E-state index contributed by atoms with van der Waals surface area (Å²) in [6.07, 6.45) is 0.630. The standard InChI is InChI=1S/C23H28N4O5S/c1-14(2)20(25-23(31)32-13-15-7-4-3-5-8-15)18(28)11-16-12-19-17(26-27-33-19)9-6-10-24-22(30)21(16)29/h3-5,7-8,14,16,20H,6,9-13H2,1-2H3,(H,24,30)(H,25,31). The van der Waals surface area contributed by atoms with Crippen molar-refractivity contribution in [3.8, 4) is 0 Å². The van der Waals surface area contributed by atoms with Crippen LogP contribution < -0.4 is 10.6 Å². The maximum Gasteiger partial charge on any atom is 0.408 e. The third-order valence-corrected chi connectivity index (χ3v) is 6.27. The molecule has 2 atom stereocenters. The molecule has 2 heterocycles. The average Bonchev–Trinajstić information content (AvgIpc) is 3.24. The fourth-order valence-electron chi connectivity index (χ4n) is 3.66. The molecule has 9 nitrogen and oxygen atoms in total. The van der Waals surface area contributed by atoms with Crippen molar-refractivity contribution >= 4 is 35.1 Å². The molecule has 0 aliphatic carbocycles. The fraction of sp³-hybridized carbons (Fsp3) is 0.478. The van der Waals surface area contributed by atoms with Crippen LogP contribution in [0, 0.1) is 11.8 Å². The predicted molar refractivity (Wildman–Crippen MR) is 121 cm³/mol. The van der Waals surface area contributed by atoms with E-state index in [-0.39, 0.29) is 31.1 Å². The Bertz CT molecular complexity index is 992. The van der Waals surface area contributed by atoms with E-state index in [4.69, 9.17) is 4.74 Å². The first-order chi connectivity index (χ1) is 15.8. The lowest BCUT2D eigenvalue weighted by Crippen LogP contribution is -2.46. The molecule has 2 amide bonds. The number of Topliss-reactive ketones (excluding diaryl/α,β-unsaturated/α-hetero) is 2. The zero-order chi connectivity index (χ0) is 23.8. The Kier molecular flexibility index (Phi) is 8.65. The van der Waals surface area contributed by atoms with Crippen molar-refractivity contribution in [3.63, 3.8) is 0 Å². The second kappa shape index (κ2) is 11.6. The smallest absolute Gasteiger partial charge is 0.408 e. The van der Waals surface area contributed by atoms with Gasteiger partial charge in [-0.05, 0) is 42.3 Å². The predicted octanol–water partition coefficient (Wildman–Crippen LogP) is 2.24. The molecule has 1 aliphatic rings. The maximum absolute atomic E-state index is 13.1. The highest BCUT2D eigenvalue weighted by molar-refractivity contribution is 7.05. The van der Waals surface area contributed by atoms with Crippen molar-refractivity contribution < 1.29 is 23.9 Å². The van der Waals surface area contributed by atoms with E-state index in [1.165, 1.54) is 11.5 Å². The summed E-state index contributed by atoms with van der Waals surface area (Å²) in [5, 5.41) is 9.35. The Morgan fingerprint density at radius 1 is 1.24 bits per heavy atom. The Morgan fingerprint density at radius 2 is 2.00 bits per heavy atom. The lowest BCUT2D eigenvalue weighted by molar-refractivity contribution is -0.141. The van der Waals surface area contributed by atoms with Crippen molar-refractivity contribution in [2.45, 2.75) is 52.2 Å². The number of fused-ring (bicyclic) bond motifs is 1. The Hall–Kier alpha value is -3.14. The molecular weight excluding hydrogens is 444 g/mol. The van der Waals surface area contributed by atoms with E-state index in [9.17, 15) is 19.2 Å². The van der Waals surface area contributed by atoms with Crippen LogP contribution in [-0.4, -0.2) is 45.7 Å². The van der Waals surface area contributed by atoms with Crippen LogP contribution in [0.3, 0.4) is 0 Å². The van der Waals surface area contributed by atoms with Crippen LogP contribution in [0.1, 0.15) is 42.8 Å². The number of aromatic nitrogens is 2. The number of hydrogen-bond acceptors (Lipinski definition) is 8. The number of amides is 2. The molecule has 2 aromatic rings. The molecule has 0 fully saturated rings. The van der Waals surface area contributed by atoms with Gasteiger partial charge in [-0.15, -0.1) is 5.10 Å². The summed E-state index contributed by atoms with van der Waals surface area (Å²) < 4.78 is 9.21. The highest BCUT2D eigenvalue weighted by Gasteiger charge is 2.33. The van der Waals surface area contributed by atoms with Crippen LogP contribution in [0.25, 0.3) is 0 Å². The molecule has 0 bridgehead atoms. The van der Waals surface area contributed by atoms with Gasteiger partial charge in [0.25, 0.3) is 5.91 Å². The van der Waals surface area contributed by atoms with Gasteiger partial charge >= 0.3 is 6.09 Å². The van der Waals surface area contributed by atoms with E-state index in [0.29, 0.717) is 19.4 Å². The summed E-state index contributed by atoms with van der Waals surface area (Å²) in [4.78, 5) is 51.4. The van der Waals surface area contributed by atoms with Gasteiger partial charge in [0.15, 0.2) is 5.78 Å². The lowest BCUT2D eigenvalue weighted by atomic mass is 9.87. The van der Waals surface area contributed by atoms with E-state index in [1.807, 2.05) is 30.3 Å². The van der Waals surface area contributed by atoms with Crippen LogP contribution in [0.15, 0.2) is 30.3 Å². The molecule has 2 unspecified atom stereocenters. The number of carbonyl (C=O) groups excluding carboxylic acids is 4. The number of aryl methyl sites for hydroxylation is 1. The number of benzene rings is 1. The number of nitrogens with zero attached hydrogens (tertiary/aromatic N) is 2. The molecule has 0 saturated heterocycles. The number of nitrogens with one attached hydrogen (secondary N) is 2. The van der Waals surface area contributed by atoms with Crippen molar-refractivity contribution in [2.24, 2.45) is 11.8 Å². The van der Waals surface area contributed by atoms with Gasteiger partial charge < -0.3 is 15.4 Å². The van der Waals surface area contributed by atoms with Gasteiger partial charge in [0.1, 0.15) is 6.61 Å². The monoisotopic (exact) mass is 472 g/mol. The Morgan fingerprint density at radius 3 is 2.73 bits per heavy atom. The zero-order valence-electron chi connectivity index (χ0n) is 18.7. The van der Waals surface area contributed by atoms with Crippen LogP contribution in [0.2, 0.25) is 0 Å². The van der Waals surface area contributed by atoms with E-state index in [0.717, 1.165) is 16.1 Å². The normalized spacial score (nSPS) is 17.6. The molecular formula is C23H28N4O5S. The summed E-state index contributed by atoms with van der Waals surface area (Å²) in [5.41, 5.74) is 1.62. The topological polar surface area (TPSA) is 127 Å². The zero-order valence-corrected chi connectivity index (χ0v) is 19.5. The second-order valence-corrected chi connectivity index (χ2v) is 9.20. The summed E-state index contributed by atoms with van der Waals surface area (Å²) in [5.74, 6) is -2.74. The molecule has 2 N–H and O–H groups in total. The Balaban J connectivity index is 1.67. The molecule has 10 heteroatoms. The number of alkyl carbamates (subject to hydrolysis) is 1. The van der Waals surface area contributed by atoms with Gasteiger partial charge in [-0.3, -0.25) is 14.4 Å². The molecule has 3 rings (SSSR count). The average molecular weight is 473 g/mol. The molecule has 0 radical (unpaired) electrons. The van der Waals surface area contributed by atoms with Crippen molar-refractivity contribution in [3.05, 3.63) is 46.5 Å². The molecule has 0 spiro atoms. The minimum atomic E-state index is -0.849. The van der Waals surface area contributed by atoms with E-state index >= 15 is 0 Å². The first-order valence-electron chi connectivity index (χ1n) is 11.0. The van der Waals surface area contributed by atoms with Gasteiger partial charge in [-0.25, -0.2) is 4.79 Å². The Labute approximate surface area is 196 Å². The summed E-state index contributed by atoms with van der Waals surface area (Å²) >= 11 is 1.18. The van der Waals surface area contributed by atoms with Gasteiger partial charge in [0, 0.05) is 23.8 Å². The van der Waals surface area contributed by atoms with Crippen molar-refractivity contribution in [1.82, 2.24) is 20.2 Å². The summed E-state index contributed by atoms with van der Waals surface area (Å²) in [7, 11) is 0. The van der Waals surface area contributed by atoms with E-state index < -0.39 is 29.7 Å². The quantitative estimate of drug-likeness (QED) is 0.592. The van der Waals surface area contributed by atoms with E-state index in [1.54, 1.807) is 13.8 Å². The minimum Gasteiger partial charge on any atom is -0.445 e. The van der Waals surface area contributed by atoms with Crippen molar-refractivity contribution in [1.29, 1.82) is 0 Å². The largest absolute Gasteiger partial charge is 0.445 e. The third-order valence-electron chi connectivity index (χ3n) is 5.48. The number of ketones is 2. The number of hydrogen-bond donors (Lipinski definition) is 2. The summed E-state index contributed by atoms with van der Waals surface area (Å²) in [6.45, 7) is 4.03. The van der Waals surface area contributed by atoms with E-state index in [2.05, 4.69) is 20.2 Å². The first-order valence-corrected chi connectivity index (χ1v) is 11.7. The van der Waals surface area contributed by atoms with Crippen LogP contribution >= 0.6 is 11.5 Å². The highest BCUT2D eigenvalue weighted by Crippen LogP contribution is 2.23. The SMILES string of the molecule is CC(C)C(NC(=O)OCc1ccccc1)C(=O)CC1Cc2snnc2CCCNC(=O)C1=O. The fourth-order valence-corrected chi connectivity index (χ4v) is 4.43. The molecule has 1 aromatic heterocycles. The van der Waals surface area contributed by atoms with Gasteiger partial charge in [-0.1, -0.05) is 48.7 Å². The molecule has 0 saturated carbocycles. The number of carbonyl (C=O) groups is 4. The van der Waals surface area contributed by atoms with Crippen LogP contribution in [0.4, 0.5) is 4.79 Å². The van der Waals surface area contributed by atoms with Gasteiger partial charge in [0.2, 0.25) is 5.78 Å². The highest BCUT2D eigenvalue weighted by atomic mass is 32.1. The van der Waals surface area contributed by atoms with Crippen LogP contribution in [0.5, 0.6) is 0 Å². The number of ether oxygens (including phenoxy) is 1. The van der Waals surface area contributed by atoms with Crippen LogP contribution in [-0.2, 0) is 38.6 Å². The molecule has 33 heavy (non-hydrogen) atoms. The lowest BCUT2D eigenvalue weighted by Gasteiger charge is -2.23. The summed E-state index contributed by atoms with van der Waals surface area (Å²) in [6, 6.07) is 8.36. The molecule has 1 aliphatic heterocycles. The van der Waals surface area contributed by atoms with Crippen molar-refractivity contribution in [2.75, 3.05) is 6.54 Å². The molecule has 176 valence electrons. The third kappa shape index (κ3) is 6.92. The number of rotatable bonds is 7. The molecule has 1 aromatic carbocycles. The van der Waals surface area contributed by atoms with Gasteiger partial charge in [0.05, 0.1) is 11.7 Å². The second-order valence-electron chi connectivity index (χ2n) is 8.37. The maximum atomic E-state index is 13.1.